The predicted molar refractivity (Wildman–Crippen MR) is 140 cm³/mol. The highest BCUT2D eigenvalue weighted by Gasteiger charge is 2.35. The molecule has 1 aromatic heterocycles. The Morgan fingerprint density at radius 2 is 1.62 bits per heavy atom. The fourth-order valence-corrected chi connectivity index (χ4v) is 5.31. The van der Waals surface area contributed by atoms with Crippen molar-refractivity contribution in [3.05, 3.63) is 110 Å². The fraction of sp³-hybridized carbons (Fsp3) is 0.0769. The van der Waals surface area contributed by atoms with Crippen LogP contribution >= 0.6 is 46.6 Å². The minimum atomic E-state index is -0.326. The number of thioether (sulfide) groups is 1. The lowest BCUT2D eigenvalue weighted by molar-refractivity contribution is -0.123. The maximum atomic E-state index is 13.1. The van der Waals surface area contributed by atoms with Crippen LogP contribution in [0.2, 0.25) is 15.1 Å². The Bertz CT molecular complexity index is 1480. The quantitative estimate of drug-likeness (QED) is 0.248. The molecule has 8 heteroatoms. The summed E-state index contributed by atoms with van der Waals surface area (Å²) in [6.07, 6.45) is 3.79. The number of halogens is 3. The van der Waals surface area contributed by atoms with Crippen LogP contribution < -0.4 is 0 Å². The molecule has 0 N–H and O–H groups in total. The number of carbonyl (C=O) groups is 2. The van der Waals surface area contributed by atoms with Crippen molar-refractivity contribution in [2.24, 2.45) is 0 Å². The molecule has 0 unspecified atom stereocenters. The molecule has 0 radical (unpaired) electrons. The van der Waals surface area contributed by atoms with Crippen LogP contribution in [0.5, 0.6) is 0 Å². The summed E-state index contributed by atoms with van der Waals surface area (Å²) in [4.78, 5) is 27.3. The van der Waals surface area contributed by atoms with E-state index >= 15 is 0 Å². The lowest BCUT2D eigenvalue weighted by atomic mass is 10.1. The van der Waals surface area contributed by atoms with Crippen LogP contribution in [0, 0.1) is 0 Å². The van der Waals surface area contributed by atoms with Crippen molar-refractivity contribution in [3.8, 4) is 0 Å². The number of benzene rings is 3. The third-order valence-electron chi connectivity index (χ3n) is 5.55. The van der Waals surface area contributed by atoms with E-state index in [1.165, 1.54) is 4.90 Å². The van der Waals surface area contributed by atoms with Gasteiger partial charge in [-0.3, -0.25) is 14.5 Å². The van der Waals surface area contributed by atoms with Gasteiger partial charge in [0.05, 0.1) is 21.5 Å². The average molecular weight is 528 g/mol. The van der Waals surface area contributed by atoms with Gasteiger partial charge in [-0.2, -0.15) is 0 Å². The van der Waals surface area contributed by atoms with Gasteiger partial charge in [-0.05, 0) is 59.3 Å². The number of carbonyl (C=O) groups excluding carboxylic acids is 2. The van der Waals surface area contributed by atoms with Crippen LogP contribution in [0.3, 0.4) is 0 Å². The summed E-state index contributed by atoms with van der Waals surface area (Å²) in [5, 5.41) is 2.18. The highest BCUT2D eigenvalue weighted by molar-refractivity contribution is 8.18. The van der Waals surface area contributed by atoms with Crippen LogP contribution in [0.4, 0.5) is 4.79 Å². The van der Waals surface area contributed by atoms with E-state index in [1.54, 1.807) is 24.3 Å². The van der Waals surface area contributed by atoms with E-state index in [4.69, 9.17) is 34.8 Å². The summed E-state index contributed by atoms with van der Waals surface area (Å²) in [6.45, 7) is 0.767. The number of amides is 2. The second-order valence-corrected chi connectivity index (χ2v) is 10.1. The van der Waals surface area contributed by atoms with E-state index in [9.17, 15) is 9.59 Å². The van der Waals surface area contributed by atoms with Crippen molar-refractivity contribution in [1.82, 2.24) is 9.47 Å². The van der Waals surface area contributed by atoms with E-state index in [1.807, 2.05) is 54.7 Å². The van der Waals surface area contributed by atoms with Gasteiger partial charge in [0.15, 0.2) is 0 Å². The van der Waals surface area contributed by atoms with Gasteiger partial charge in [0.2, 0.25) is 0 Å². The Kier molecular flexibility index (Phi) is 6.45. The first-order valence-electron chi connectivity index (χ1n) is 10.4. The third kappa shape index (κ3) is 4.62. The number of aromatic nitrogens is 1. The molecule has 1 aliphatic rings. The monoisotopic (exact) mass is 526 g/mol. The standard InChI is InChI=1S/C26H17Cl3N2O2S/c27-19-5-3-4-16(10-19)13-30-15-18(20-6-1-2-7-23(20)30)12-24-25(32)31(26(33)34-24)14-17-8-9-21(28)22(29)11-17/h1-12,15H,13-14H2/b24-12-. The van der Waals surface area contributed by atoms with Crippen LogP contribution in [0.15, 0.2) is 77.8 Å². The first-order chi connectivity index (χ1) is 16.4. The Balaban J connectivity index is 1.45. The lowest BCUT2D eigenvalue weighted by Gasteiger charge is -2.12. The Morgan fingerprint density at radius 1 is 0.824 bits per heavy atom. The lowest BCUT2D eigenvalue weighted by Crippen LogP contribution is -2.27. The highest BCUT2D eigenvalue weighted by atomic mass is 35.5. The van der Waals surface area contributed by atoms with Gasteiger partial charge >= 0.3 is 0 Å². The minimum Gasteiger partial charge on any atom is -0.342 e. The Labute approximate surface area is 215 Å². The molecule has 0 aliphatic carbocycles. The number of hydrogen-bond donors (Lipinski definition) is 0. The van der Waals surface area contributed by atoms with Crippen molar-refractivity contribution in [3.63, 3.8) is 0 Å². The normalized spacial score (nSPS) is 15.1. The van der Waals surface area contributed by atoms with E-state index in [-0.39, 0.29) is 17.7 Å². The molecule has 3 aromatic carbocycles. The molecule has 1 saturated heterocycles. The van der Waals surface area contributed by atoms with Gasteiger partial charge in [-0.15, -0.1) is 0 Å². The molecule has 0 spiro atoms. The zero-order chi connectivity index (χ0) is 23.8. The van der Waals surface area contributed by atoms with Crippen LogP contribution in [0.25, 0.3) is 17.0 Å². The highest BCUT2D eigenvalue weighted by Crippen LogP contribution is 2.35. The molecule has 4 aromatic rings. The maximum Gasteiger partial charge on any atom is 0.293 e. The van der Waals surface area contributed by atoms with Gasteiger partial charge in [0.25, 0.3) is 11.1 Å². The van der Waals surface area contributed by atoms with Crippen molar-refractivity contribution >= 4 is 74.7 Å². The molecule has 170 valence electrons. The first-order valence-corrected chi connectivity index (χ1v) is 12.4. The first kappa shape index (κ1) is 23.1. The number of fused-ring (bicyclic) bond motifs is 1. The number of hydrogen-bond acceptors (Lipinski definition) is 3. The molecule has 5 rings (SSSR count). The summed E-state index contributed by atoms with van der Waals surface area (Å²) in [5.41, 5.74) is 3.71. The summed E-state index contributed by atoms with van der Waals surface area (Å²) in [6, 6.07) is 20.8. The van der Waals surface area contributed by atoms with E-state index in [2.05, 4.69) is 4.57 Å². The molecule has 34 heavy (non-hydrogen) atoms. The Morgan fingerprint density at radius 3 is 2.41 bits per heavy atom. The van der Waals surface area contributed by atoms with Crippen molar-refractivity contribution in [2.45, 2.75) is 13.1 Å². The molecule has 1 aliphatic heterocycles. The fourth-order valence-electron chi connectivity index (χ4n) is 3.95. The zero-order valence-electron chi connectivity index (χ0n) is 17.7. The number of para-hydroxylation sites is 1. The number of rotatable bonds is 5. The largest absolute Gasteiger partial charge is 0.342 e. The smallest absolute Gasteiger partial charge is 0.293 e. The summed E-state index contributed by atoms with van der Waals surface area (Å²) < 4.78 is 2.12. The molecular weight excluding hydrogens is 511 g/mol. The molecule has 4 nitrogen and oxygen atoms in total. The van der Waals surface area contributed by atoms with E-state index in [0.29, 0.717) is 26.5 Å². The molecule has 0 bridgehead atoms. The average Bonchev–Trinajstić information content (AvgIpc) is 3.28. The SMILES string of the molecule is O=C1S/C(=C\c2cn(Cc3cccc(Cl)c3)c3ccccc23)C(=O)N1Cc1ccc(Cl)c(Cl)c1. The van der Waals surface area contributed by atoms with Gasteiger partial charge in [-0.1, -0.05) is 71.2 Å². The Hall–Kier alpha value is -2.70. The topological polar surface area (TPSA) is 42.3 Å². The molecule has 1 fully saturated rings. The zero-order valence-corrected chi connectivity index (χ0v) is 20.8. The second kappa shape index (κ2) is 9.51. The van der Waals surface area contributed by atoms with Gasteiger partial charge in [-0.25, -0.2) is 0 Å². The second-order valence-electron chi connectivity index (χ2n) is 7.88. The summed E-state index contributed by atoms with van der Waals surface area (Å²) in [7, 11) is 0. The third-order valence-corrected chi connectivity index (χ3v) is 7.43. The summed E-state index contributed by atoms with van der Waals surface area (Å²) >= 11 is 19.2. The molecule has 0 saturated carbocycles. The summed E-state index contributed by atoms with van der Waals surface area (Å²) in [5.74, 6) is -0.326. The van der Waals surface area contributed by atoms with Crippen LogP contribution in [0.1, 0.15) is 16.7 Å². The number of nitrogens with zero attached hydrogens (tertiary/aromatic N) is 2. The minimum absolute atomic E-state index is 0.134. The maximum absolute atomic E-state index is 13.1. The van der Waals surface area contributed by atoms with Gasteiger partial charge in [0, 0.05) is 34.2 Å². The van der Waals surface area contributed by atoms with E-state index < -0.39 is 0 Å². The molecular formula is C26H17Cl3N2O2S. The number of imide groups is 1. The predicted octanol–water partition coefficient (Wildman–Crippen LogP) is 7.89. The van der Waals surface area contributed by atoms with E-state index in [0.717, 1.165) is 39.4 Å². The van der Waals surface area contributed by atoms with Crippen molar-refractivity contribution in [1.29, 1.82) is 0 Å². The van der Waals surface area contributed by atoms with Gasteiger partial charge < -0.3 is 4.57 Å². The molecule has 2 heterocycles. The molecule has 2 amide bonds. The van der Waals surface area contributed by atoms with Crippen LogP contribution in [-0.4, -0.2) is 20.6 Å². The van der Waals surface area contributed by atoms with Gasteiger partial charge in [0.1, 0.15) is 0 Å². The molecule has 0 atom stereocenters. The van der Waals surface area contributed by atoms with Crippen molar-refractivity contribution in [2.75, 3.05) is 0 Å². The van der Waals surface area contributed by atoms with Crippen LogP contribution in [-0.2, 0) is 17.9 Å². The van der Waals surface area contributed by atoms with Crippen molar-refractivity contribution < 1.29 is 9.59 Å².